The number of hydrogen-bond donors (Lipinski definition) is 2. The zero-order chi connectivity index (χ0) is 35.1. The number of nitriles is 1. The van der Waals surface area contributed by atoms with Crippen LogP contribution in [-0.2, 0) is 9.59 Å². The van der Waals surface area contributed by atoms with Gasteiger partial charge in [-0.3, -0.25) is 9.59 Å². The molecule has 4 atom stereocenters. The van der Waals surface area contributed by atoms with Gasteiger partial charge in [-0.05, 0) is 83.5 Å². The normalized spacial score (nSPS) is 21.5. The van der Waals surface area contributed by atoms with Crippen molar-refractivity contribution in [2.24, 2.45) is 11.8 Å². The zero-order valence-corrected chi connectivity index (χ0v) is 29.4. The second-order valence-corrected chi connectivity index (χ2v) is 15.0. The highest BCUT2D eigenvalue weighted by Crippen LogP contribution is 2.47. The first-order valence-corrected chi connectivity index (χ1v) is 18.6. The third-order valence-electron chi connectivity index (χ3n) is 11.2. The van der Waals surface area contributed by atoms with Crippen LogP contribution in [0.1, 0.15) is 95.4 Å². The quantitative estimate of drug-likeness (QED) is 0.161. The molecule has 260 valence electrons. The lowest BCUT2D eigenvalue weighted by atomic mass is 9.98. The molecule has 5 aromatic rings. The van der Waals surface area contributed by atoms with Gasteiger partial charge in [-0.25, -0.2) is 9.97 Å². The molecule has 3 fully saturated rings. The number of imidazole rings is 2. The summed E-state index contributed by atoms with van der Waals surface area (Å²) in [6, 6.07) is 23.9. The molecule has 3 aliphatic rings. The monoisotopic (exact) mass is 679 g/mol. The van der Waals surface area contributed by atoms with Gasteiger partial charge < -0.3 is 19.8 Å². The molecule has 9 heteroatoms. The van der Waals surface area contributed by atoms with Gasteiger partial charge in [-0.2, -0.15) is 5.26 Å². The van der Waals surface area contributed by atoms with Crippen LogP contribution in [-0.4, -0.2) is 54.1 Å². The van der Waals surface area contributed by atoms with E-state index in [1.165, 1.54) is 0 Å². The van der Waals surface area contributed by atoms with E-state index in [1.54, 1.807) is 0 Å². The average molecular weight is 680 g/mol. The summed E-state index contributed by atoms with van der Waals surface area (Å²) in [7, 11) is 0. The summed E-state index contributed by atoms with van der Waals surface area (Å²) >= 11 is 0. The minimum atomic E-state index is -0.0622. The van der Waals surface area contributed by atoms with Crippen molar-refractivity contribution in [3.8, 4) is 39.7 Å². The third kappa shape index (κ3) is 6.44. The highest BCUT2D eigenvalue weighted by atomic mass is 16.2. The number of likely N-dealkylation sites (tertiary alicyclic amines) is 2. The molecule has 2 N–H and O–H groups in total. The molecular formula is C42H45N7O2. The van der Waals surface area contributed by atoms with Crippen molar-refractivity contribution in [3.63, 3.8) is 0 Å². The van der Waals surface area contributed by atoms with Crippen LogP contribution < -0.4 is 0 Å². The maximum atomic E-state index is 13.2. The van der Waals surface area contributed by atoms with Gasteiger partial charge in [0.05, 0.1) is 41.9 Å². The lowest BCUT2D eigenvalue weighted by Gasteiger charge is -2.28. The number of aromatic amines is 2. The summed E-state index contributed by atoms with van der Waals surface area (Å²) in [5.41, 5.74) is 6.31. The van der Waals surface area contributed by atoms with Gasteiger partial charge in [0.25, 0.3) is 0 Å². The van der Waals surface area contributed by atoms with Crippen molar-refractivity contribution >= 4 is 22.6 Å². The Kier molecular flexibility index (Phi) is 8.93. The molecule has 9 nitrogen and oxygen atoms in total. The fourth-order valence-corrected chi connectivity index (χ4v) is 8.74. The maximum Gasteiger partial charge on any atom is 0.224 e. The predicted molar refractivity (Wildman–Crippen MR) is 198 cm³/mol. The van der Waals surface area contributed by atoms with Gasteiger partial charge in [0.2, 0.25) is 11.8 Å². The van der Waals surface area contributed by atoms with E-state index in [-0.39, 0.29) is 42.8 Å². The van der Waals surface area contributed by atoms with E-state index < -0.39 is 0 Å². The summed E-state index contributed by atoms with van der Waals surface area (Å²) < 4.78 is 0. The number of rotatable bonds is 9. The number of amides is 2. The Hall–Kier alpha value is -5.23. The molecule has 0 bridgehead atoms. The number of fused-ring (bicyclic) bond motifs is 2. The number of hydrogen-bond acceptors (Lipinski definition) is 5. The molecule has 51 heavy (non-hydrogen) atoms. The molecule has 2 aromatic heterocycles. The van der Waals surface area contributed by atoms with E-state index >= 15 is 0 Å². The number of H-pyrrole nitrogens is 2. The minimum absolute atomic E-state index is 0.0199. The highest BCUT2D eigenvalue weighted by Gasteiger charge is 2.47. The van der Waals surface area contributed by atoms with Crippen LogP contribution in [0.25, 0.3) is 44.4 Å². The Balaban J connectivity index is 0.966. The van der Waals surface area contributed by atoms with Crippen molar-refractivity contribution in [2.45, 2.75) is 89.8 Å². The van der Waals surface area contributed by atoms with Gasteiger partial charge in [0, 0.05) is 37.4 Å². The number of nitrogens with one attached hydrogen (secondary N) is 2. The van der Waals surface area contributed by atoms with E-state index in [9.17, 15) is 9.59 Å². The second-order valence-electron chi connectivity index (χ2n) is 15.0. The summed E-state index contributed by atoms with van der Waals surface area (Å²) in [4.78, 5) is 46.6. The Bertz CT molecular complexity index is 2110. The summed E-state index contributed by atoms with van der Waals surface area (Å²) in [6.45, 7) is 4.97. The molecule has 2 amide bonds. The van der Waals surface area contributed by atoms with Crippen LogP contribution in [0.5, 0.6) is 0 Å². The minimum Gasteiger partial charge on any atom is -0.340 e. The number of carbonyl (C=O) groups excluding carboxylic acids is 2. The predicted octanol–water partition coefficient (Wildman–Crippen LogP) is 8.74. The van der Waals surface area contributed by atoms with E-state index in [0.717, 1.165) is 101 Å². The maximum absolute atomic E-state index is 13.2. The van der Waals surface area contributed by atoms with E-state index in [1.807, 2.05) is 22.2 Å². The molecule has 1 saturated carbocycles. The fourth-order valence-electron chi connectivity index (χ4n) is 8.74. The highest BCUT2D eigenvalue weighted by molar-refractivity contribution is 5.90. The molecule has 0 spiro atoms. The molecular weight excluding hydrogens is 635 g/mol. The molecule has 2 saturated heterocycles. The lowest BCUT2D eigenvalue weighted by Crippen LogP contribution is -2.37. The standard InChI is InChI=1S/C42H45N7O2/c1-26(2)20-40(51)48-19-5-8-37(48)41-44-24-34(46-41)28-12-10-27(11-13-28)29-14-15-31-22-32(17-16-30(31)21-29)35-25-45-42(47-35)38-23-33-6-3-7-36(33)49(38)39(50)9-4-18-43/h10-17,21-22,24-26,33,36-38H,3-9,19-20,23H2,1-2H3,(H,44,46)(H,45,47)/t33?,36?,37-,38-/m0/s1. The van der Waals surface area contributed by atoms with Crippen molar-refractivity contribution in [1.82, 2.24) is 29.7 Å². The average Bonchev–Trinajstić information content (AvgIpc) is 3.98. The van der Waals surface area contributed by atoms with Crippen LogP contribution in [0.3, 0.4) is 0 Å². The van der Waals surface area contributed by atoms with E-state index in [2.05, 4.69) is 90.5 Å². The lowest BCUT2D eigenvalue weighted by molar-refractivity contribution is -0.134. The summed E-state index contributed by atoms with van der Waals surface area (Å²) in [5, 5.41) is 11.4. The Morgan fingerprint density at radius 3 is 2.18 bits per heavy atom. The molecule has 2 unspecified atom stereocenters. The van der Waals surface area contributed by atoms with Crippen LogP contribution in [0, 0.1) is 23.2 Å². The van der Waals surface area contributed by atoms with Crippen LogP contribution in [0.15, 0.2) is 73.1 Å². The van der Waals surface area contributed by atoms with Crippen LogP contribution in [0.4, 0.5) is 0 Å². The fraction of sp³-hybridized carbons (Fsp3) is 0.405. The molecule has 8 rings (SSSR count). The number of benzene rings is 3. The van der Waals surface area contributed by atoms with Gasteiger partial charge in [-0.15, -0.1) is 0 Å². The van der Waals surface area contributed by atoms with Crippen molar-refractivity contribution in [2.75, 3.05) is 6.54 Å². The number of nitrogens with zero attached hydrogens (tertiary/aromatic N) is 5. The molecule has 3 aromatic carbocycles. The van der Waals surface area contributed by atoms with Crippen molar-refractivity contribution < 1.29 is 9.59 Å². The first kappa shape index (κ1) is 32.9. The van der Waals surface area contributed by atoms with E-state index in [0.29, 0.717) is 18.3 Å². The number of aromatic nitrogens is 4. The van der Waals surface area contributed by atoms with Gasteiger partial charge in [0.1, 0.15) is 11.6 Å². The van der Waals surface area contributed by atoms with Crippen molar-refractivity contribution in [3.05, 3.63) is 84.7 Å². The summed E-state index contributed by atoms with van der Waals surface area (Å²) in [5.74, 6) is 2.85. The zero-order valence-electron chi connectivity index (χ0n) is 29.4. The van der Waals surface area contributed by atoms with E-state index in [4.69, 9.17) is 15.2 Å². The largest absolute Gasteiger partial charge is 0.340 e. The van der Waals surface area contributed by atoms with Crippen LogP contribution in [0.2, 0.25) is 0 Å². The topological polar surface area (TPSA) is 122 Å². The van der Waals surface area contributed by atoms with Crippen molar-refractivity contribution in [1.29, 1.82) is 5.26 Å². The summed E-state index contributed by atoms with van der Waals surface area (Å²) in [6.07, 6.45) is 11.1. The Morgan fingerprint density at radius 1 is 0.804 bits per heavy atom. The van der Waals surface area contributed by atoms with Crippen LogP contribution >= 0.6 is 0 Å². The molecule has 1 aliphatic carbocycles. The SMILES string of the molecule is CC(C)CC(=O)N1CCC[C@H]1c1ncc(-c2ccc(-c3ccc4cc(-c5cnc([C@@H]6CC7CCCC7N6C(=O)CCC#N)[nH]5)ccc4c3)cc2)[nH]1. The molecule has 4 heterocycles. The Labute approximate surface area is 299 Å². The van der Waals surface area contributed by atoms with Gasteiger partial charge >= 0.3 is 0 Å². The second kappa shape index (κ2) is 13.8. The van der Waals surface area contributed by atoms with Gasteiger partial charge in [-0.1, -0.05) is 68.8 Å². The third-order valence-corrected chi connectivity index (χ3v) is 11.2. The molecule has 2 aliphatic heterocycles. The first-order chi connectivity index (χ1) is 24.9. The molecule has 0 radical (unpaired) electrons. The number of carbonyl (C=O) groups is 2. The smallest absolute Gasteiger partial charge is 0.224 e. The first-order valence-electron chi connectivity index (χ1n) is 18.6. The Morgan fingerprint density at radius 2 is 1.45 bits per heavy atom. The van der Waals surface area contributed by atoms with Gasteiger partial charge in [0.15, 0.2) is 0 Å².